The summed E-state index contributed by atoms with van der Waals surface area (Å²) >= 11 is 0. The van der Waals surface area contributed by atoms with E-state index in [9.17, 15) is 19.2 Å². The first kappa shape index (κ1) is 25.4. The number of nitrogens with one attached hydrogen (secondary N) is 1. The van der Waals surface area contributed by atoms with Crippen LogP contribution in [0.5, 0.6) is 0 Å². The number of fused-ring (bicyclic) bond motifs is 1. The minimum atomic E-state index is -0.705. The Bertz CT molecular complexity index is 1400. The lowest BCUT2D eigenvalue weighted by atomic mass is 9.73. The first-order valence-corrected chi connectivity index (χ1v) is 12.9. The van der Waals surface area contributed by atoms with Crippen molar-refractivity contribution in [2.24, 2.45) is 11.8 Å². The van der Waals surface area contributed by atoms with Crippen molar-refractivity contribution < 1.29 is 23.9 Å². The second-order valence-electron chi connectivity index (χ2n) is 10.1. The van der Waals surface area contributed by atoms with Crippen LogP contribution >= 0.6 is 0 Å². The van der Waals surface area contributed by atoms with Gasteiger partial charge in [0.1, 0.15) is 0 Å². The molecule has 3 amide bonds. The minimum absolute atomic E-state index is 0.166. The van der Waals surface area contributed by atoms with Gasteiger partial charge in [-0.2, -0.15) is 0 Å². The van der Waals surface area contributed by atoms with E-state index in [4.69, 9.17) is 4.74 Å². The molecule has 194 valence electrons. The molecule has 3 aromatic carbocycles. The Balaban J connectivity index is 1.24. The van der Waals surface area contributed by atoms with Crippen LogP contribution < -0.4 is 10.2 Å². The van der Waals surface area contributed by atoms with Gasteiger partial charge in [-0.15, -0.1) is 0 Å². The molecular weight excluding hydrogens is 480 g/mol. The standard InChI is InChI=1S/C31H30N2O5/c1-19-11-14-27(20(2)15-19)32-28(34)18-38-31(37)23-9-6-10-24(16-23)33-29(35)25-13-12-22(17-26(25)30(33)36)21-7-4-3-5-8-21/h3-11,14-16,22,25-26H,12-13,17-18H2,1-2H3,(H,32,34)/t22-,25+,26-/m0/s1. The van der Waals surface area contributed by atoms with Crippen LogP contribution in [-0.2, 0) is 19.1 Å². The highest BCUT2D eigenvalue weighted by molar-refractivity contribution is 6.22. The summed E-state index contributed by atoms with van der Waals surface area (Å²) in [5, 5.41) is 2.74. The Morgan fingerprint density at radius 2 is 1.66 bits per heavy atom. The monoisotopic (exact) mass is 510 g/mol. The summed E-state index contributed by atoms with van der Waals surface area (Å²) in [4.78, 5) is 52.9. The van der Waals surface area contributed by atoms with Crippen molar-refractivity contribution in [1.82, 2.24) is 0 Å². The van der Waals surface area contributed by atoms with Crippen molar-refractivity contribution in [3.63, 3.8) is 0 Å². The van der Waals surface area contributed by atoms with Gasteiger partial charge >= 0.3 is 5.97 Å². The van der Waals surface area contributed by atoms with Crippen molar-refractivity contribution in [2.75, 3.05) is 16.8 Å². The van der Waals surface area contributed by atoms with Crippen LogP contribution in [0.15, 0.2) is 72.8 Å². The molecule has 0 radical (unpaired) electrons. The molecule has 7 nitrogen and oxygen atoms in total. The SMILES string of the molecule is Cc1ccc(NC(=O)COC(=O)c2cccc(N3C(=O)[C@H]4C[C@@H](c5ccccc5)CC[C@H]4C3=O)c2)c(C)c1. The van der Waals surface area contributed by atoms with Gasteiger partial charge in [0.05, 0.1) is 23.1 Å². The molecule has 5 rings (SSSR count). The highest BCUT2D eigenvalue weighted by atomic mass is 16.5. The summed E-state index contributed by atoms with van der Waals surface area (Å²) in [5.41, 5.74) is 4.35. The molecular formula is C31H30N2O5. The summed E-state index contributed by atoms with van der Waals surface area (Å²) in [6.07, 6.45) is 2.14. The van der Waals surface area contributed by atoms with E-state index in [1.807, 2.05) is 44.2 Å². The average Bonchev–Trinajstić information content (AvgIpc) is 3.18. The molecule has 2 aliphatic rings. The molecule has 1 saturated carbocycles. The number of nitrogens with zero attached hydrogens (tertiary/aromatic N) is 1. The summed E-state index contributed by atoms with van der Waals surface area (Å²) in [7, 11) is 0. The maximum atomic E-state index is 13.4. The predicted octanol–water partition coefficient (Wildman–Crippen LogP) is 5.17. The van der Waals surface area contributed by atoms with Gasteiger partial charge in [0, 0.05) is 5.69 Å². The third kappa shape index (κ3) is 5.09. The van der Waals surface area contributed by atoms with Crippen LogP contribution in [0.2, 0.25) is 0 Å². The number of hydrogen-bond donors (Lipinski definition) is 1. The number of anilines is 2. The normalized spacial score (nSPS) is 20.7. The van der Waals surface area contributed by atoms with Crippen molar-refractivity contribution in [2.45, 2.75) is 39.0 Å². The number of benzene rings is 3. The van der Waals surface area contributed by atoms with Gasteiger partial charge in [0.15, 0.2) is 6.61 Å². The molecule has 3 aromatic rings. The lowest BCUT2D eigenvalue weighted by Gasteiger charge is -2.28. The zero-order valence-corrected chi connectivity index (χ0v) is 21.5. The van der Waals surface area contributed by atoms with Gasteiger partial charge < -0.3 is 10.1 Å². The topological polar surface area (TPSA) is 92.8 Å². The van der Waals surface area contributed by atoms with E-state index in [1.54, 1.807) is 18.2 Å². The van der Waals surface area contributed by atoms with Crippen LogP contribution in [0.25, 0.3) is 0 Å². The highest BCUT2D eigenvalue weighted by Crippen LogP contribution is 2.45. The zero-order chi connectivity index (χ0) is 26.8. The molecule has 0 bridgehead atoms. The van der Waals surface area contributed by atoms with Crippen LogP contribution in [0, 0.1) is 25.7 Å². The first-order valence-electron chi connectivity index (χ1n) is 12.9. The van der Waals surface area contributed by atoms with E-state index in [0.717, 1.165) is 17.5 Å². The summed E-state index contributed by atoms with van der Waals surface area (Å²) in [5.74, 6) is -2.07. The number of ether oxygens (including phenoxy) is 1. The number of carbonyl (C=O) groups excluding carboxylic acids is 4. The summed E-state index contributed by atoms with van der Waals surface area (Å²) in [6, 6.07) is 22.0. The largest absolute Gasteiger partial charge is 0.452 e. The minimum Gasteiger partial charge on any atom is -0.452 e. The number of hydrogen-bond acceptors (Lipinski definition) is 5. The van der Waals surface area contributed by atoms with Gasteiger partial charge in [0.2, 0.25) is 11.8 Å². The van der Waals surface area contributed by atoms with Gasteiger partial charge in [-0.3, -0.25) is 19.3 Å². The first-order chi connectivity index (χ1) is 18.3. The Morgan fingerprint density at radius 1 is 0.895 bits per heavy atom. The van der Waals surface area contributed by atoms with E-state index in [-0.39, 0.29) is 35.1 Å². The van der Waals surface area contributed by atoms with Gasteiger partial charge in [0.25, 0.3) is 5.91 Å². The van der Waals surface area contributed by atoms with E-state index in [0.29, 0.717) is 24.2 Å². The van der Waals surface area contributed by atoms with E-state index in [2.05, 4.69) is 17.4 Å². The maximum absolute atomic E-state index is 13.4. The van der Waals surface area contributed by atoms with Crippen molar-refractivity contribution in [3.05, 3.63) is 95.1 Å². The Hall–Kier alpha value is -4.26. The average molecular weight is 511 g/mol. The number of amides is 3. The molecule has 1 aliphatic heterocycles. The van der Waals surface area contributed by atoms with Crippen molar-refractivity contribution in [3.8, 4) is 0 Å². The number of rotatable bonds is 6. The number of imide groups is 1. The fraction of sp³-hybridized carbons (Fsp3) is 0.290. The van der Waals surface area contributed by atoms with E-state index >= 15 is 0 Å². The van der Waals surface area contributed by atoms with Gasteiger partial charge in [-0.05, 0) is 74.4 Å². The molecule has 7 heteroatoms. The molecule has 1 N–H and O–H groups in total. The molecule has 0 unspecified atom stereocenters. The molecule has 0 spiro atoms. The molecule has 1 heterocycles. The second-order valence-corrected chi connectivity index (χ2v) is 10.1. The quantitative estimate of drug-likeness (QED) is 0.365. The maximum Gasteiger partial charge on any atom is 0.338 e. The fourth-order valence-electron chi connectivity index (χ4n) is 5.59. The van der Waals surface area contributed by atoms with Crippen LogP contribution in [0.3, 0.4) is 0 Å². The highest BCUT2D eigenvalue weighted by Gasteiger charge is 2.50. The lowest BCUT2D eigenvalue weighted by Crippen LogP contribution is -2.31. The number of carbonyl (C=O) groups is 4. The molecule has 3 atom stereocenters. The molecule has 2 fully saturated rings. The number of esters is 1. The van der Waals surface area contributed by atoms with Crippen molar-refractivity contribution >= 4 is 35.1 Å². The third-order valence-corrected chi connectivity index (χ3v) is 7.53. The van der Waals surface area contributed by atoms with E-state index in [1.165, 1.54) is 22.6 Å². The Morgan fingerprint density at radius 3 is 2.42 bits per heavy atom. The molecule has 1 aliphatic carbocycles. The van der Waals surface area contributed by atoms with Crippen molar-refractivity contribution in [1.29, 1.82) is 0 Å². The van der Waals surface area contributed by atoms with Crippen LogP contribution in [0.1, 0.15) is 52.2 Å². The summed E-state index contributed by atoms with van der Waals surface area (Å²) in [6.45, 7) is 3.40. The third-order valence-electron chi connectivity index (χ3n) is 7.53. The van der Waals surface area contributed by atoms with Gasteiger partial charge in [-0.1, -0.05) is 54.1 Å². The predicted molar refractivity (Wildman–Crippen MR) is 144 cm³/mol. The van der Waals surface area contributed by atoms with Crippen LogP contribution in [0.4, 0.5) is 11.4 Å². The lowest BCUT2D eigenvalue weighted by molar-refractivity contribution is -0.122. The molecule has 0 aromatic heterocycles. The fourth-order valence-corrected chi connectivity index (χ4v) is 5.59. The zero-order valence-electron chi connectivity index (χ0n) is 21.5. The molecule has 1 saturated heterocycles. The number of aryl methyl sites for hydroxylation is 2. The van der Waals surface area contributed by atoms with E-state index < -0.39 is 18.5 Å². The van der Waals surface area contributed by atoms with Gasteiger partial charge in [-0.25, -0.2) is 4.79 Å². The smallest absolute Gasteiger partial charge is 0.338 e. The summed E-state index contributed by atoms with van der Waals surface area (Å²) < 4.78 is 5.22. The van der Waals surface area contributed by atoms with Crippen LogP contribution in [-0.4, -0.2) is 30.3 Å². The molecule has 38 heavy (non-hydrogen) atoms. The Labute approximate surface area is 221 Å². The second kappa shape index (κ2) is 10.6. The Kier molecular flexibility index (Phi) is 7.09.